The number of rotatable bonds is 6. The van der Waals surface area contributed by atoms with Gasteiger partial charge < -0.3 is 20.3 Å². The molecule has 0 bridgehead atoms. The molecule has 2 aromatic rings. The van der Waals surface area contributed by atoms with Crippen molar-refractivity contribution in [1.29, 1.82) is 0 Å². The zero-order valence-electron chi connectivity index (χ0n) is 15.0. The number of hydrogen-bond donors (Lipinski definition) is 3. The minimum Gasteiger partial charge on any atom is -0.395 e. The van der Waals surface area contributed by atoms with Gasteiger partial charge in [-0.2, -0.15) is 0 Å². The highest BCUT2D eigenvalue weighted by Crippen LogP contribution is 2.16. The van der Waals surface area contributed by atoms with E-state index < -0.39 is 0 Å². The summed E-state index contributed by atoms with van der Waals surface area (Å²) in [6.45, 7) is 2.71. The fourth-order valence-electron chi connectivity index (χ4n) is 3.41. The first-order valence-corrected chi connectivity index (χ1v) is 9.05. The van der Waals surface area contributed by atoms with Gasteiger partial charge in [0.25, 0.3) is 0 Å². The summed E-state index contributed by atoms with van der Waals surface area (Å²) in [5.74, 6) is 0.289. The van der Waals surface area contributed by atoms with E-state index >= 15 is 0 Å². The van der Waals surface area contributed by atoms with Crippen molar-refractivity contribution in [2.24, 2.45) is 0 Å². The molecule has 0 aliphatic carbocycles. The van der Waals surface area contributed by atoms with Crippen LogP contribution < -0.4 is 5.32 Å². The molecule has 1 saturated heterocycles. The number of H-pyrrole nitrogens is 1. The Morgan fingerprint density at radius 3 is 3.15 bits per heavy atom. The Labute approximate surface area is 152 Å². The molecule has 2 amide bonds. The summed E-state index contributed by atoms with van der Waals surface area (Å²) in [6.07, 6.45) is 3.30. The number of hydrogen-bond acceptors (Lipinski definition) is 4. The number of likely N-dealkylation sites (tertiary alicyclic amines) is 1. The summed E-state index contributed by atoms with van der Waals surface area (Å²) < 4.78 is 13.2. The molecule has 0 saturated carbocycles. The number of carbonyl (C=O) groups is 1. The number of urea groups is 1. The largest absolute Gasteiger partial charge is 0.395 e. The maximum atomic E-state index is 13.2. The number of aromatic nitrogens is 2. The van der Waals surface area contributed by atoms with E-state index in [2.05, 4.69) is 20.2 Å². The number of aliphatic hydroxyl groups is 1. The number of benzene rings is 1. The molecule has 3 rings (SSSR count). The molecule has 1 aromatic heterocycles. The molecule has 1 aliphatic rings. The summed E-state index contributed by atoms with van der Waals surface area (Å²) in [5.41, 5.74) is 1.30. The normalized spacial score (nSPS) is 18.2. The second-order valence-corrected chi connectivity index (χ2v) is 6.80. The number of nitrogens with zero attached hydrogens (tertiary/aromatic N) is 3. The maximum absolute atomic E-state index is 13.2. The number of fused-ring (bicyclic) bond motifs is 1. The summed E-state index contributed by atoms with van der Waals surface area (Å²) in [7, 11) is 1.69. The van der Waals surface area contributed by atoms with E-state index in [0.29, 0.717) is 29.9 Å². The summed E-state index contributed by atoms with van der Waals surface area (Å²) in [4.78, 5) is 23.4. The van der Waals surface area contributed by atoms with Crippen molar-refractivity contribution in [1.82, 2.24) is 25.1 Å². The molecular weight excluding hydrogens is 337 g/mol. The van der Waals surface area contributed by atoms with Gasteiger partial charge >= 0.3 is 6.03 Å². The molecule has 0 unspecified atom stereocenters. The zero-order chi connectivity index (χ0) is 18.5. The smallest absolute Gasteiger partial charge is 0.317 e. The van der Waals surface area contributed by atoms with Gasteiger partial charge in [0.1, 0.15) is 11.6 Å². The monoisotopic (exact) mass is 363 g/mol. The topological polar surface area (TPSA) is 84.5 Å². The van der Waals surface area contributed by atoms with Gasteiger partial charge in [-0.05, 0) is 37.6 Å². The number of nitrogens with one attached hydrogen (secondary N) is 2. The number of amides is 2. The van der Waals surface area contributed by atoms with Crippen LogP contribution in [-0.4, -0.2) is 70.2 Å². The molecular formula is C18H26FN5O2. The van der Waals surface area contributed by atoms with Crippen LogP contribution in [0.15, 0.2) is 18.2 Å². The van der Waals surface area contributed by atoms with Gasteiger partial charge in [0.15, 0.2) is 0 Å². The zero-order valence-corrected chi connectivity index (χ0v) is 15.0. The van der Waals surface area contributed by atoms with E-state index in [9.17, 15) is 14.3 Å². The van der Waals surface area contributed by atoms with Crippen LogP contribution in [0.2, 0.25) is 0 Å². The van der Waals surface area contributed by atoms with Crippen LogP contribution >= 0.6 is 0 Å². The molecule has 3 N–H and O–H groups in total. The molecule has 142 valence electrons. The number of carbonyl (C=O) groups excluding carboxylic acids is 1. The van der Waals surface area contributed by atoms with Crippen molar-refractivity contribution in [2.45, 2.75) is 31.8 Å². The summed E-state index contributed by atoms with van der Waals surface area (Å²) in [6, 6.07) is 4.38. The first-order chi connectivity index (χ1) is 12.6. The number of aliphatic hydroxyl groups excluding tert-OH is 1. The number of halogens is 1. The number of aromatic amines is 1. The predicted octanol–water partition coefficient (Wildman–Crippen LogP) is 1.69. The average molecular weight is 363 g/mol. The second kappa shape index (κ2) is 8.46. The molecule has 2 heterocycles. The lowest BCUT2D eigenvalue weighted by molar-refractivity contribution is 0.0911. The molecule has 7 nitrogen and oxygen atoms in total. The van der Waals surface area contributed by atoms with Crippen molar-refractivity contribution in [2.75, 3.05) is 33.3 Å². The van der Waals surface area contributed by atoms with E-state index in [1.54, 1.807) is 13.1 Å². The maximum Gasteiger partial charge on any atom is 0.317 e. The van der Waals surface area contributed by atoms with Crippen LogP contribution in [0.25, 0.3) is 11.0 Å². The van der Waals surface area contributed by atoms with Crippen LogP contribution in [0.4, 0.5) is 9.18 Å². The standard InChI is InChI=1S/C18H26FN5O2/c1-23(11-17-21-15-6-5-13(19)10-16(15)22-17)18(26)20-7-9-24-8-3-2-4-14(24)12-25/h5-6,10,14,25H,2-4,7-9,11-12H2,1H3,(H,20,26)(H,21,22)/t14-/m1/s1. The Balaban J connectivity index is 1.47. The van der Waals surface area contributed by atoms with Gasteiger partial charge in [-0.25, -0.2) is 14.2 Å². The van der Waals surface area contributed by atoms with Crippen molar-refractivity contribution in [3.8, 4) is 0 Å². The minimum absolute atomic E-state index is 0.167. The van der Waals surface area contributed by atoms with Gasteiger partial charge in [-0.1, -0.05) is 6.42 Å². The fourth-order valence-corrected chi connectivity index (χ4v) is 3.41. The Morgan fingerprint density at radius 2 is 2.35 bits per heavy atom. The SMILES string of the molecule is CN(Cc1nc2ccc(F)cc2[nH]1)C(=O)NCCN1CCCC[C@@H]1CO. The molecule has 1 atom stereocenters. The number of imidazole rings is 1. The Hall–Kier alpha value is -2.19. The quantitative estimate of drug-likeness (QED) is 0.729. The van der Waals surface area contributed by atoms with E-state index in [0.717, 1.165) is 32.4 Å². The second-order valence-electron chi connectivity index (χ2n) is 6.80. The lowest BCUT2D eigenvalue weighted by atomic mass is 10.0. The van der Waals surface area contributed by atoms with Crippen molar-refractivity contribution < 1.29 is 14.3 Å². The molecule has 1 aromatic carbocycles. The van der Waals surface area contributed by atoms with Gasteiger partial charge in [0.05, 0.1) is 24.2 Å². The van der Waals surface area contributed by atoms with Crippen LogP contribution in [0.1, 0.15) is 25.1 Å². The lowest BCUT2D eigenvalue weighted by Crippen LogP contribution is -2.47. The third-order valence-corrected chi connectivity index (χ3v) is 4.86. The molecule has 1 fully saturated rings. The van der Waals surface area contributed by atoms with E-state index in [1.807, 2.05) is 0 Å². The fraction of sp³-hybridized carbons (Fsp3) is 0.556. The van der Waals surface area contributed by atoms with Gasteiger partial charge in [0, 0.05) is 26.2 Å². The van der Waals surface area contributed by atoms with E-state index in [-0.39, 0.29) is 24.5 Å². The summed E-state index contributed by atoms with van der Waals surface area (Å²) >= 11 is 0. The van der Waals surface area contributed by atoms with Gasteiger partial charge in [-0.15, -0.1) is 0 Å². The van der Waals surface area contributed by atoms with Gasteiger partial charge in [-0.3, -0.25) is 4.90 Å². The molecule has 0 radical (unpaired) electrons. The third-order valence-electron chi connectivity index (χ3n) is 4.86. The van der Waals surface area contributed by atoms with Crippen LogP contribution in [0.3, 0.4) is 0 Å². The molecule has 26 heavy (non-hydrogen) atoms. The van der Waals surface area contributed by atoms with Crippen molar-refractivity contribution >= 4 is 17.1 Å². The first kappa shape index (κ1) is 18.6. The molecule has 1 aliphatic heterocycles. The predicted molar refractivity (Wildman–Crippen MR) is 97.2 cm³/mol. The molecule has 8 heteroatoms. The van der Waals surface area contributed by atoms with E-state index in [1.165, 1.54) is 17.0 Å². The van der Waals surface area contributed by atoms with Crippen molar-refractivity contribution in [3.05, 3.63) is 29.8 Å². The minimum atomic E-state index is -0.322. The van der Waals surface area contributed by atoms with Crippen LogP contribution in [0, 0.1) is 5.82 Å². The first-order valence-electron chi connectivity index (χ1n) is 9.05. The average Bonchev–Trinajstić information content (AvgIpc) is 3.03. The highest BCUT2D eigenvalue weighted by Gasteiger charge is 2.21. The Kier molecular flexibility index (Phi) is 6.05. The highest BCUT2D eigenvalue weighted by molar-refractivity contribution is 5.76. The van der Waals surface area contributed by atoms with Gasteiger partial charge in [0.2, 0.25) is 0 Å². The summed E-state index contributed by atoms with van der Waals surface area (Å²) in [5, 5.41) is 12.3. The Bertz CT molecular complexity index is 750. The molecule has 0 spiro atoms. The number of piperidine rings is 1. The Morgan fingerprint density at radius 1 is 1.50 bits per heavy atom. The van der Waals surface area contributed by atoms with Crippen LogP contribution in [-0.2, 0) is 6.54 Å². The lowest BCUT2D eigenvalue weighted by Gasteiger charge is -2.34. The third kappa shape index (κ3) is 4.50. The van der Waals surface area contributed by atoms with Crippen LogP contribution in [0.5, 0.6) is 0 Å². The van der Waals surface area contributed by atoms with E-state index in [4.69, 9.17) is 0 Å². The van der Waals surface area contributed by atoms with Crippen molar-refractivity contribution in [3.63, 3.8) is 0 Å². The highest BCUT2D eigenvalue weighted by atomic mass is 19.1.